The van der Waals surface area contributed by atoms with E-state index < -0.39 is 5.92 Å². The molecule has 6 heteroatoms. The number of nitrogens with zero attached hydrogens (tertiary/aromatic N) is 2. The number of aryl methyl sites for hydroxylation is 1. The molecule has 0 spiro atoms. The van der Waals surface area contributed by atoms with Gasteiger partial charge < -0.3 is 4.74 Å². The molecule has 0 fully saturated rings. The second-order valence-electron chi connectivity index (χ2n) is 6.85. The zero-order chi connectivity index (χ0) is 19.6. The normalized spacial score (nSPS) is 12.3. The molecule has 2 aromatic heterocycles. The van der Waals surface area contributed by atoms with Crippen molar-refractivity contribution in [3.8, 4) is 0 Å². The second-order valence-corrected chi connectivity index (χ2v) is 7.29. The molecule has 0 N–H and O–H groups in total. The Hall–Kier alpha value is -2.66. The lowest BCUT2D eigenvalue weighted by Gasteiger charge is -2.20. The van der Waals surface area contributed by atoms with E-state index in [1.165, 1.54) is 10.5 Å². The van der Waals surface area contributed by atoms with E-state index >= 15 is 0 Å². The molecule has 140 valence electrons. The Morgan fingerprint density at radius 3 is 2.59 bits per heavy atom. The lowest BCUT2D eigenvalue weighted by molar-refractivity contribution is -0.148. The van der Waals surface area contributed by atoms with Gasteiger partial charge in [0.15, 0.2) is 0 Å². The largest absolute Gasteiger partial charge is 0.459 e. The third-order valence-electron chi connectivity index (χ3n) is 4.45. The highest BCUT2D eigenvalue weighted by molar-refractivity contribution is 6.30. The van der Waals surface area contributed by atoms with Gasteiger partial charge in [-0.1, -0.05) is 43.6 Å². The summed E-state index contributed by atoms with van der Waals surface area (Å²) < 4.78 is 6.97. The van der Waals surface area contributed by atoms with Gasteiger partial charge >= 0.3 is 5.97 Å². The standard InChI is InChI=1S/C21H21ClN2O3/c1-13(2)19(15-6-8-16(22)9-7-15)21(26)27-12-17-11-18(25)24-10-4-5-14(3)20(24)23-17/h4-11,13,19H,12H2,1-3H3/t19-/m0/s1. The van der Waals surface area contributed by atoms with Crippen molar-refractivity contribution in [1.82, 2.24) is 9.38 Å². The lowest BCUT2D eigenvalue weighted by Crippen LogP contribution is -2.22. The Morgan fingerprint density at radius 1 is 1.22 bits per heavy atom. The van der Waals surface area contributed by atoms with Gasteiger partial charge in [-0.05, 0) is 42.2 Å². The molecule has 0 aliphatic carbocycles. The molecule has 3 aromatic rings. The van der Waals surface area contributed by atoms with Crippen molar-refractivity contribution in [1.29, 1.82) is 0 Å². The molecule has 0 saturated heterocycles. The number of benzene rings is 1. The van der Waals surface area contributed by atoms with Gasteiger partial charge in [0.25, 0.3) is 5.56 Å². The van der Waals surface area contributed by atoms with E-state index in [0.29, 0.717) is 16.4 Å². The van der Waals surface area contributed by atoms with Gasteiger partial charge in [0, 0.05) is 17.3 Å². The van der Waals surface area contributed by atoms with Crippen LogP contribution in [0.15, 0.2) is 53.5 Å². The number of rotatable bonds is 5. The van der Waals surface area contributed by atoms with Gasteiger partial charge in [-0.15, -0.1) is 0 Å². The SMILES string of the molecule is Cc1cccn2c(=O)cc(COC(=O)[C@H](c3ccc(Cl)cc3)C(C)C)nc12. The van der Waals surface area contributed by atoms with Crippen LogP contribution in [-0.2, 0) is 16.1 Å². The Bertz CT molecular complexity index is 1030. The van der Waals surface area contributed by atoms with Gasteiger partial charge in [0.05, 0.1) is 11.6 Å². The van der Waals surface area contributed by atoms with E-state index in [9.17, 15) is 9.59 Å². The minimum Gasteiger partial charge on any atom is -0.459 e. The van der Waals surface area contributed by atoms with Crippen LogP contribution in [0, 0.1) is 12.8 Å². The van der Waals surface area contributed by atoms with E-state index in [4.69, 9.17) is 16.3 Å². The fourth-order valence-electron chi connectivity index (χ4n) is 3.08. The molecule has 1 atom stereocenters. The number of pyridine rings is 1. The summed E-state index contributed by atoms with van der Waals surface area (Å²) in [4.78, 5) is 29.4. The van der Waals surface area contributed by atoms with E-state index in [1.807, 2.05) is 39.0 Å². The Labute approximate surface area is 162 Å². The zero-order valence-electron chi connectivity index (χ0n) is 15.5. The maximum atomic E-state index is 12.7. The summed E-state index contributed by atoms with van der Waals surface area (Å²) >= 11 is 5.94. The molecule has 0 radical (unpaired) electrons. The summed E-state index contributed by atoms with van der Waals surface area (Å²) in [5.74, 6) is -0.708. The first-order valence-electron chi connectivity index (χ1n) is 8.77. The Kier molecular flexibility index (Phi) is 5.61. The highest BCUT2D eigenvalue weighted by Gasteiger charge is 2.26. The summed E-state index contributed by atoms with van der Waals surface area (Å²) in [5.41, 5.74) is 2.52. The average molecular weight is 385 g/mol. The molecular formula is C21H21ClN2O3. The molecule has 3 rings (SSSR count). The molecule has 0 unspecified atom stereocenters. The number of halogens is 1. The first-order valence-corrected chi connectivity index (χ1v) is 9.14. The molecule has 0 aliphatic heterocycles. The van der Waals surface area contributed by atoms with Crippen molar-refractivity contribution in [3.05, 3.63) is 80.9 Å². The molecule has 27 heavy (non-hydrogen) atoms. The van der Waals surface area contributed by atoms with E-state index in [0.717, 1.165) is 11.1 Å². The summed E-state index contributed by atoms with van der Waals surface area (Å²) in [5, 5.41) is 0.617. The number of aromatic nitrogens is 2. The predicted molar refractivity (Wildman–Crippen MR) is 105 cm³/mol. The van der Waals surface area contributed by atoms with Gasteiger partial charge in [0.2, 0.25) is 0 Å². The number of carbonyl (C=O) groups is 1. The fraction of sp³-hybridized carbons (Fsp3) is 0.286. The fourth-order valence-corrected chi connectivity index (χ4v) is 3.21. The molecule has 1 aromatic carbocycles. The maximum absolute atomic E-state index is 12.7. The van der Waals surface area contributed by atoms with Gasteiger partial charge in [0.1, 0.15) is 12.3 Å². The second kappa shape index (κ2) is 7.92. The summed E-state index contributed by atoms with van der Waals surface area (Å²) in [6.45, 7) is 5.76. The Balaban J connectivity index is 1.81. The van der Waals surface area contributed by atoms with Crippen LogP contribution in [0.4, 0.5) is 0 Å². The molecule has 2 heterocycles. The monoisotopic (exact) mass is 384 g/mol. The van der Waals surface area contributed by atoms with Gasteiger partial charge in [-0.2, -0.15) is 0 Å². The predicted octanol–water partition coefficient (Wildman–Crippen LogP) is 4.14. The number of hydrogen-bond acceptors (Lipinski definition) is 4. The van der Waals surface area contributed by atoms with Crippen molar-refractivity contribution >= 4 is 23.2 Å². The minimum absolute atomic E-state index is 0.0459. The van der Waals surface area contributed by atoms with Crippen molar-refractivity contribution in [2.75, 3.05) is 0 Å². The summed E-state index contributed by atoms with van der Waals surface area (Å²) in [7, 11) is 0. The van der Waals surface area contributed by atoms with Crippen LogP contribution in [0.5, 0.6) is 0 Å². The molecule has 0 saturated carbocycles. The third kappa shape index (κ3) is 4.19. The van der Waals surface area contributed by atoms with Crippen LogP contribution in [0.3, 0.4) is 0 Å². The van der Waals surface area contributed by atoms with Gasteiger partial charge in [-0.25, -0.2) is 4.98 Å². The van der Waals surface area contributed by atoms with E-state index in [2.05, 4.69) is 4.98 Å². The topological polar surface area (TPSA) is 60.7 Å². The van der Waals surface area contributed by atoms with Crippen LogP contribution in [0.1, 0.15) is 36.6 Å². The zero-order valence-corrected chi connectivity index (χ0v) is 16.2. The third-order valence-corrected chi connectivity index (χ3v) is 4.70. The lowest BCUT2D eigenvalue weighted by atomic mass is 9.88. The maximum Gasteiger partial charge on any atom is 0.314 e. The van der Waals surface area contributed by atoms with E-state index in [1.54, 1.807) is 24.4 Å². The van der Waals surface area contributed by atoms with Crippen molar-refractivity contribution < 1.29 is 9.53 Å². The van der Waals surface area contributed by atoms with Crippen molar-refractivity contribution in [2.24, 2.45) is 5.92 Å². The smallest absolute Gasteiger partial charge is 0.314 e. The van der Waals surface area contributed by atoms with Crippen LogP contribution < -0.4 is 5.56 Å². The number of hydrogen-bond donors (Lipinski definition) is 0. The highest BCUT2D eigenvalue weighted by atomic mass is 35.5. The minimum atomic E-state index is -0.412. The Morgan fingerprint density at radius 2 is 1.93 bits per heavy atom. The van der Waals surface area contributed by atoms with Crippen LogP contribution >= 0.6 is 11.6 Å². The van der Waals surface area contributed by atoms with Crippen molar-refractivity contribution in [3.63, 3.8) is 0 Å². The summed E-state index contributed by atoms with van der Waals surface area (Å²) in [6, 6.07) is 12.3. The quantitative estimate of drug-likeness (QED) is 0.620. The molecule has 0 aliphatic rings. The molecule has 0 amide bonds. The van der Waals surface area contributed by atoms with Gasteiger partial charge in [-0.3, -0.25) is 14.0 Å². The van der Waals surface area contributed by atoms with Crippen LogP contribution in [-0.4, -0.2) is 15.4 Å². The van der Waals surface area contributed by atoms with Crippen molar-refractivity contribution in [2.45, 2.75) is 33.3 Å². The number of ether oxygens (including phenoxy) is 1. The highest BCUT2D eigenvalue weighted by Crippen LogP contribution is 2.27. The number of fused-ring (bicyclic) bond motifs is 1. The van der Waals surface area contributed by atoms with Crippen LogP contribution in [0.25, 0.3) is 5.65 Å². The van der Waals surface area contributed by atoms with E-state index in [-0.39, 0.29) is 24.1 Å². The molecular weight excluding hydrogens is 364 g/mol. The molecule has 5 nitrogen and oxygen atoms in total. The summed E-state index contributed by atoms with van der Waals surface area (Å²) in [6.07, 6.45) is 1.67. The first-order chi connectivity index (χ1) is 12.9. The van der Waals surface area contributed by atoms with Crippen LogP contribution in [0.2, 0.25) is 5.02 Å². The first kappa shape index (κ1) is 19.1. The number of esters is 1. The molecule has 0 bridgehead atoms. The average Bonchev–Trinajstić information content (AvgIpc) is 2.62. The number of carbonyl (C=O) groups excluding carboxylic acids is 1.